The van der Waals surface area contributed by atoms with Gasteiger partial charge in [0.1, 0.15) is 16.7 Å². The van der Waals surface area contributed by atoms with E-state index in [0.29, 0.717) is 32.3 Å². The van der Waals surface area contributed by atoms with Crippen LogP contribution in [0, 0.1) is 0 Å². The van der Waals surface area contributed by atoms with E-state index >= 15 is 0 Å². The average molecular weight is 498 g/mol. The van der Waals surface area contributed by atoms with Crippen molar-refractivity contribution >= 4 is 65.9 Å². The van der Waals surface area contributed by atoms with Gasteiger partial charge in [0.15, 0.2) is 5.13 Å². The molecule has 6 nitrogen and oxygen atoms in total. The lowest BCUT2D eigenvalue weighted by atomic mass is 10.0. The number of thiazole rings is 1. The van der Waals surface area contributed by atoms with Gasteiger partial charge in [-0.1, -0.05) is 65.4 Å². The Balaban J connectivity index is 1.52. The predicted molar refractivity (Wildman–Crippen MR) is 139 cm³/mol. The zero-order chi connectivity index (χ0) is 23.9. The SMILES string of the molecule is O=C(c1cc2c(ccc3ccccc32)oc1=O)N(Cc1ccccn1)c1nc2c(Cl)cccc2s1. The van der Waals surface area contributed by atoms with E-state index < -0.39 is 11.5 Å². The van der Waals surface area contributed by atoms with Gasteiger partial charge in [-0.15, -0.1) is 0 Å². The van der Waals surface area contributed by atoms with Crippen molar-refractivity contribution in [1.82, 2.24) is 9.97 Å². The quantitative estimate of drug-likeness (QED) is 0.206. The third-order valence-electron chi connectivity index (χ3n) is 5.75. The molecule has 0 bridgehead atoms. The van der Waals surface area contributed by atoms with Gasteiger partial charge in [0.05, 0.1) is 22.0 Å². The van der Waals surface area contributed by atoms with E-state index in [4.69, 9.17) is 16.0 Å². The fourth-order valence-corrected chi connectivity index (χ4v) is 5.33. The second-order valence-electron chi connectivity index (χ2n) is 7.94. The molecule has 8 heteroatoms. The van der Waals surface area contributed by atoms with Gasteiger partial charge < -0.3 is 4.42 Å². The number of carbonyl (C=O) groups excluding carboxylic acids is 1. The Morgan fingerprint density at radius 3 is 2.66 bits per heavy atom. The summed E-state index contributed by atoms with van der Waals surface area (Å²) >= 11 is 7.66. The average Bonchev–Trinajstić information content (AvgIpc) is 3.32. The molecule has 0 unspecified atom stereocenters. The highest BCUT2D eigenvalue weighted by Crippen LogP contribution is 2.34. The Kier molecular flexibility index (Phi) is 5.28. The summed E-state index contributed by atoms with van der Waals surface area (Å²) in [6, 6.07) is 23.9. The molecule has 0 saturated carbocycles. The van der Waals surface area contributed by atoms with Crippen LogP contribution in [-0.2, 0) is 6.54 Å². The molecule has 3 aromatic carbocycles. The molecule has 0 fully saturated rings. The second kappa shape index (κ2) is 8.61. The van der Waals surface area contributed by atoms with Crippen LogP contribution in [-0.4, -0.2) is 15.9 Å². The number of rotatable bonds is 4. The molecule has 1 amide bonds. The number of nitrogens with zero attached hydrogens (tertiary/aromatic N) is 3. The summed E-state index contributed by atoms with van der Waals surface area (Å²) in [5.41, 5.74) is 0.901. The van der Waals surface area contributed by atoms with Gasteiger partial charge in [0, 0.05) is 11.6 Å². The molecule has 0 N–H and O–H groups in total. The first-order valence-corrected chi connectivity index (χ1v) is 12.0. The number of hydrogen-bond acceptors (Lipinski definition) is 6. The van der Waals surface area contributed by atoms with E-state index in [0.717, 1.165) is 15.5 Å². The van der Waals surface area contributed by atoms with Gasteiger partial charge in [0.25, 0.3) is 5.91 Å². The molecule has 3 heterocycles. The lowest BCUT2D eigenvalue weighted by molar-refractivity contribution is 0.0981. The molecule has 170 valence electrons. The number of carbonyl (C=O) groups is 1. The molecule has 0 aliphatic heterocycles. The summed E-state index contributed by atoms with van der Waals surface area (Å²) < 4.78 is 6.42. The number of anilines is 1. The van der Waals surface area contributed by atoms with Crippen LogP contribution in [0.25, 0.3) is 32.0 Å². The van der Waals surface area contributed by atoms with E-state index in [9.17, 15) is 9.59 Å². The van der Waals surface area contributed by atoms with Crippen molar-refractivity contribution in [3.05, 3.63) is 112 Å². The maximum absolute atomic E-state index is 13.9. The first-order chi connectivity index (χ1) is 17.1. The standard InChI is InChI=1S/C27H16ClN3O3S/c28-21-9-5-10-23-24(21)30-27(35-23)31(15-17-7-3-4-13-29-17)25(32)20-14-19-18-8-2-1-6-16(18)11-12-22(19)34-26(20)33/h1-14H,15H2. The van der Waals surface area contributed by atoms with Crippen LogP contribution in [0.1, 0.15) is 16.1 Å². The highest BCUT2D eigenvalue weighted by Gasteiger charge is 2.26. The van der Waals surface area contributed by atoms with E-state index in [1.165, 1.54) is 16.2 Å². The van der Waals surface area contributed by atoms with Crippen molar-refractivity contribution in [3.63, 3.8) is 0 Å². The number of amides is 1. The van der Waals surface area contributed by atoms with Crippen LogP contribution in [0.3, 0.4) is 0 Å². The molecule has 6 aromatic rings. The molecule has 0 spiro atoms. The van der Waals surface area contributed by atoms with Crippen molar-refractivity contribution in [1.29, 1.82) is 0 Å². The normalized spacial score (nSPS) is 11.3. The fraction of sp³-hybridized carbons (Fsp3) is 0.0370. The minimum Gasteiger partial charge on any atom is -0.422 e. The topological polar surface area (TPSA) is 76.3 Å². The van der Waals surface area contributed by atoms with E-state index in [1.54, 1.807) is 30.5 Å². The van der Waals surface area contributed by atoms with Crippen molar-refractivity contribution in [2.24, 2.45) is 0 Å². The van der Waals surface area contributed by atoms with Gasteiger partial charge in [-0.05, 0) is 47.2 Å². The summed E-state index contributed by atoms with van der Waals surface area (Å²) in [5, 5.41) is 3.48. The molecule has 0 radical (unpaired) electrons. The minimum absolute atomic E-state index is 0.0739. The fourth-order valence-electron chi connectivity index (χ4n) is 4.06. The second-order valence-corrected chi connectivity index (χ2v) is 9.36. The predicted octanol–water partition coefficient (Wildman–Crippen LogP) is 6.45. The van der Waals surface area contributed by atoms with Gasteiger partial charge in [-0.25, -0.2) is 9.78 Å². The summed E-state index contributed by atoms with van der Waals surface area (Å²) in [6.07, 6.45) is 1.66. The zero-order valence-corrected chi connectivity index (χ0v) is 19.7. The molecular weight excluding hydrogens is 482 g/mol. The van der Waals surface area contributed by atoms with Gasteiger partial charge >= 0.3 is 5.63 Å². The first kappa shape index (κ1) is 21.5. The molecule has 0 atom stereocenters. The van der Waals surface area contributed by atoms with Crippen LogP contribution in [0.2, 0.25) is 5.02 Å². The molecule has 35 heavy (non-hydrogen) atoms. The Morgan fingerprint density at radius 2 is 1.83 bits per heavy atom. The van der Waals surface area contributed by atoms with Crippen LogP contribution in [0.15, 0.2) is 94.3 Å². The zero-order valence-electron chi connectivity index (χ0n) is 18.1. The number of halogens is 1. The van der Waals surface area contributed by atoms with Crippen molar-refractivity contribution in [2.45, 2.75) is 6.54 Å². The highest BCUT2D eigenvalue weighted by molar-refractivity contribution is 7.22. The molecule has 0 aliphatic carbocycles. The number of hydrogen-bond donors (Lipinski definition) is 0. The number of fused-ring (bicyclic) bond motifs is 4. The number of benzene rings is 3. The number of pyridine rings is 1. The van der Waals surface area contributed by atoms with Crippen molar-refractivity contribution in [3.8, 4) is 0 Å². The Hall–Kier alpha value is -4.07. The van der Waals surface area contributed by atoms with Crippen molar-refractivity contribution in [2.75, 3.05) is 4.90 Å². The van der Waals surface area contributed by atoms with Gasteiger partial charge in [-0.2, -0.15) is 0 Å². The number of para-hydroxylation sites is 1. The van der Waals surface area contributed by atoms with Crippen LogP contribution >= 0.6 is 22.9 Å². The van der Waals surface area contributed by atoms with Gasteiger partial charge in [0.2, 0.25) is 0 Å². The third-order valence-corrected chi connectivity index (χ3v) is 7.10. The van der Waals surface area contributed by atoms with Crippen LogP contribution in [0.5, 0.6) is 0 Å². The monoisotopic (exact) mass is 497 g/mol. The molecule has 0 aliphatic rings. The van der Waals surface area contributed by atoms with E-state index in [1.807, 2.05) is 54.6 Å². The van der Waals surface area contributed by atoms with Crippen molar-refractivity contribution < 1.29 is 9.21 Å². The largest absolute Gasteiger partial charge is 0.422 e. The van der Waals surface area contributed by atoms with E-state index in [2.05, 4.69) is 9.97 Å². The van der Waals surface area contributed by atoms with Gasteiger partial charge in [-0.3, -0.25) is 14.7 Å². The molecule has 6 rings (SSSR count). The summed E-state index contributed by atoms with van der Waals surface area (Å²) in [6.45, 7) is 0.129. The lowest BCUT2D eigenvalue weighted by Crippen LogP contribution is -2.34. The Labute approximate surface area is 208 Å². The Morgan fingerprint density at radius 1 is 0.971 bits per heavy atom. The molecule has 0 saturated heterocycles. The minimum atomic E-state index is -0.706. The van der Waals surface area contributed by atoms with Crippen LogP contribution < -0.4 is 10.5 Å². The lowest BCUT2D eigenvalue weighted by Gasteiger charge is -2.19. The molecular formula is C27H16ClN3O3S. The highest BCUT2D eigenvalue weighted by atomic mass is 35.5. The van der Waals surface area contributed by atoms with E-state index in [-0.39, 0.29) is 12.1 Å². The molecule has 3 aromatic heterocycles. The maximum Gasteiger partial charge on any atom is 0.349 e. The first-order valence-electron chi connectivity index (χ1n) is 10.8. The number of aromatic nitrogens is 2. The third kappa shape index (κ3) is 3.84. The smallest absolute Gasteiger partial charge is 0.349 e. The Bertz CT molecular complexity index is 1800. The summed E-state index contributed by atoms with van der Waals surface area (Å²) in [5.74, 6) is -0.519. The summed E-state index contributed by atoms with van der Waals surface area (Å²) in [4.78, 5) is 37.3. The van der Waals surface area contributed by atoms with Crippen LogP contribution in [0.4, 0.5) is 5.13 Å². The maximum atomic E-state index is 13.9. The summed E-state index contributed by atoms with van der Waals surface area (Å²) in [7, 11) is 0.